The SMILES string of the molecule is Cc1ccc([C@@H]2[C@H](c3ccccn3)NC(=S)N2Cc2ccco2)s1. The Bertz CT molecular complexity index is 829. The van der Waals surface area contributed by atoms with Gasteiger partial charge in [0.15, 0.2) is 5.11 Å². The highest BCUT2D eigenvalue weighted by Gasteiger charge is 2.40. The van der Waals surface area contributed by atoms with Crippen molar-refractivity contribution in [2.75, 3.05) is 0 Å². The molecule has 0 bridgehead atoms. The minimum absolute atomic E-state index is 0.0340. The van der Waals surface area contributed by atoms with E-state index in [4.69, 9.17) is 16.6 Å². The predicted octanol–water partition coefficient (Wildman–Crippen LogP) is 4.22. The maximum absolute atomic E-state index is 5.62. The van der Waals surface area contributed by atoms with E-state index in [1.807, 2.05) is 36.5 Å². The second kappa shape index (κ2) is 6.37. The summed E-state index contributed by atoms with van der Waals surface area (Å²) in [5.41, 5.74) is 0.998. The number of hydrogen-bond donors (Lipinski definition) is 1. The molecule has 4 nitrogen and oxygen atoms in total. The molecule has 1 aliphatic rings. The molecule has 0 aliphatic carbocycles. The number of aromatic nitrogens is 1. The summed E-state index contributed by atoms with van der Waals surface area (Å²) < 4.78 is 5.53. The summed E-state index contributed by atoms with van der Waals surface area (Å²) in [5, 5.41) is 4.18. The minimum Gasteiger partial charge on any atom is -0.467 e. The van der Waals surface area contributed by atoms with E-state index in [2.05, 4.69) is 34.3 Å². The van der Waals surface area contributed by atoms with Crippen LogP contribution < -0.4 is 5.32 Å². The lowest BCUT2D eigenvalue weighted by atomic mass is 10.0. The van der Waals surface area contributed by atoms with Crippen LogP contribution in [0.4, 0.5) is 0 Å². The van der Waals surface area contributed by atoms with Crippen LogP contribution in [0.5, 0.6) is 0 Å². The number of nitrogens with one attached hydrogen (secondary N) is 1. The zero-order valence-corrected chi connectivity index (χ0v) is 14.8. The molecule has 3 aromatic heterocycles. The number of nitrogens with zero attached hydrogens (tertiary/aromatic N) is 2. The molecule has 4 rings (SSSR count). The topological polar surface area (TPSA) is 41.3 Å². The highest BCUT2D eigenvalue weighted by atomic mass is 32.1. The molecule has 1 aliphatic heterocycles. The Morgan fingerprint density at radius 2 is 2.17 bits per heavy atom. The van der Waals surface area contributed by atoms with Crippen molar-refractivity contribution >= 4 is 28.7 Å². The van der Waals surface area contributed by atoms with Crippen LogP contribution in [0, 0.1) is 6.92 Å². The van der Waals surface area contributed by atoms with Crippen molar-refractivity contribution in [2.45, 2.75) is 25.6 Å². The molecular formula is C18H17N3OS2. The van der Waals surface area contributed by atoms with Gasteiger partial charge in [-0.1, -0.05) is 6.07 Å². The van der Waals surface area contributed by atoms with Gasteiger partial charge in [-0.25, -0.2) is 0 Å². The van der Waals surface area contributed by atoms with Gasteiger partial charge in [0.05, 0.1) is 30.6 Å². The highest BCUT2D eigenvalue weighted by Crippen LogP contribution is 2.41. The molecule has 0 amide bonds. The largest absolute Gasteiger partial charge is 0.467 e. The van der Waals surface area contributed by atoms with Crippen molar-refractivity contribution in [1.29, 1.82) is 0 Å². The number of furan rings is 1. The van der Waals surface area contributed by atoms with Crippen LogP contribution in [-0.4, -0.2) is 15.0 Å². The first-order valence-corrected chi connectivity index (χ1v) is 9.01. The number of thiocarbonyl (C=S) groups is 1. The standard InChI is InChI=1S/C18H17N3OS2/c1-12-7-8-15(24-12)17-16(14-6-2-3-9-19-14)20-18(23)21(17)11-13-5-4-10-22-13/h2-10,16-17H,11H2,1H3,(H,20,23)/t16-,17+/m0/s1. The number of pyridine rings is 1. The van der Waals surface area contributed by atoms with Gasteiger partial charge < -0.3 is 14.6 Å². The van der Waals surface area contributed by atoms with Crippen molar-refractivity contribution in [3.8, 4) is 0 Å². The first kappa shape index (κ1) is 15.4. The van der Waals surface area contributed by atoms with Crippen molar-refractivity contribution < 1.29 is 4.42 Å². The van der Waals surface area contributed by atoms with Crippen molar-refractivity contribution in [3.05, 3.63) is 76.1 Å². The van der Waals surface area contributed by atoms with Crippen LogP contribution in [0.2, 0.25) is 0 Å². The van der Waals surface area contributed by atoms with Crippen LogP contribution in [0.25, 0.3) is 0 Å². The Hall–Kier alpha value is -2.18. The summed E-state index contributed by atoms with van der Waals surface area (Å²) >= 11 is 7.43. The van der Waals surface area contributed by atoms with Gasteiger partial charge in [-0.2, -0.15) is 0 Å². The quantitative estimate of drug-likeness (QED) is 0.710. The molecule has 1 saturated heterocycles. The number of rotatable bonds is 4. The summed E-state index contributed by atoms with van der Waals surface area (Å²) in [5.74, 6) is 0.902. The van der Waals surface area contributed by atoms with E-state index >= 15 is 0 Å². The Labute approximate surface area is 150 Å². The molecule has 2 atom stereocenters. The highest BCUT2D eigenvalue weighted by molar-refractivity contribution is 7.80. The molecule has 3 aromatic rings. The van der Waals surface area contributed by atoms with E-state index in [1.165, 1.54) is 9.75 Å². The molecule has 4 heterocycles. The maximum Gasteiger partial charge on any atom is 0.170 e. The lowest BCUT2D eigenvalue weighted by molar-refractivity contribution is 0.291. The molecule has 0 spiro atoms. The number of thiophene rings is 1. The van der Waals surface area contributed by atoms with E-state index in [0.717, 1.165) is 16.6 Å². The number of hydrogen-bond acceptors (Lipinski definition) is 4. The van der Waals surface area contributed by atoms with Crippen LogP contribution in [0.3, 0.4) is 0 Å². The predicted molar refractivity (Wildman–Crippen MR) is 98.8 cm³/mol. The molecule has 1 N–H and O–H groups in total. The fraction of sp³-hybridized carbons (Fsp3) is 0.222. The first-order chi connectivity index (χ1) is 11.7. The van der Waals surface area contributed by atoms with E-state index in [-0.39, 0.29) is 12.1 Å². The minimum atomic E-state index is 0.0340. The molecule has 24 heavy (non-hydrogen) atoms. The average Bonchev–Trinajstić information content (AvgIpc) is 3.31. The van der Waals surface area contributed by atoms with Gasteiger partial charge in [-0.05, 0) is 55.5 Å². The maximum atomic E-state index is 5.62. The Kier molecular flexibility index (Phi) is 4.08. The molecule has 0 aromatic carbocycles. The van der Waals surface area contributed by atoms with E-state index in [9.17, 15) is 0 Å². The third-order valence-corrected chi connectivity index (χ3v) is 5.58. The van der Waals surface area contributed by atoms with Gasteiger partial charge in [0.1, 0.15) is 5.76 Å². The fourth-order valence-corrected chi connectivity index (χ4v) is 4.40. The Balaban J connectivity index is 1.73. The summed E-state index contributed by atoms with van der Waals surface area (Å²) in [7, 11) is 0. The summed E-state index contributed by atoms with van der Waals surface area (Å²) in [6.45, 7) is 2.77. The van der Waals surface area contributed by atoms with Gasteiger partial charge in [0.2, 0.25) is 0 Å². The van der Waals surface area contributed by atoms with Gasteiger partial charge >= 0.3 is 0 Å². The zero-order chi connectivity index (χ0) is 16.5. The third kappa shape index (κ3) is 2.83. The van der Waals surface area contributed by atoms with Crippen LogP contribution >= 0.6 is 23.6 Å². The average molecular weight is 355 g/mol. The van der Waals surface area contributed by atoms with Crippen molar-refractivity contribution in [3.63, 3.8) is 0 Å². The zero-order valence-electron chi connectivity index (χ0n) is 13.2. The van der Waals surface area contributed by atoms with Crippen molar-refractivity contribution in [1.82, 2.24) is 15.2 Å². The monoisotopic (exact) mass is 355 g/mol. The normalized spacial score (nSPS) is 20.4. The summed E-state index contributed by atoms with van der Waals surface area (Å²) in [4.78, 5) is 9.31. The molecule has 1 fully saturated rings. The molecular weight excluding hydrogens is 338 g/mol. The van der Waals surface area contributed by atoms with Crippen LogP contribution in [0.15, 0.2) is 59.3 Å². The molecule has 0 saturated carbocycles. The lowest BCUT2D eigenvalue weighted by Crippen LogP contribution is -2.28. The summed E-state index contributed by atoms with van der Waals surface area (Å²) in [6, 6.07) is 14.4. The molecule has 6 heteroatoms. The second-order valence-corrected chi connectivity index (χ2v) is 7.49. The van der Waals surface area contributed by atoms with Crippen LogP contribution in [0.1, 0.15) is 33.3 Å². The molecule has 0 unspecified atom stereocenters. The van der Waals surface area contributed by atoms with Gasteiger partial charge in [-0.15, -0.1) is 11.3 Å². The molecule has 0 radical (unpaired) electrons. The Morgan fingerprint density at radius 3 is 2.83 bits per heavy atom. The van der Waals surface area contributed by atoms with E-state index in [1.54, 1.807) is 17.6 Å². The van der Waals surface area contributed by atoms with Gasteiger partial charge in [0.25, 0.3) is 0 Å². The smallest absolute Gasteiger partial charge is 0.170 e. The van der Waals surface area contributed by atoms with Gasteiger partial charge in [0, 0.05) is 16.0 Å². The number of aryl methyl sites for hydroxylation is 1. The van der Waals surface area contributed by atoms with E-state index in [0.29, 0.717) is 6.54 Å². The fourth-order valence-electron chi connectivity index (χ4n) is 3.07. The molecule has 122 valence electrons. The van der Waals surface area contributed by atoms with Gasteiger partial charge in [-0.3, -0.25) is 4.98 Å². The van der Waals surface area contributed by atoms with E-state index < -0.39 is 0 Å². The third-order valence-electron chi connectivity index (χ3n) is 4.16. The lowest BCUT2D eigenvalue weighted by Gasteiger charge is -2.26. The van der Waals surface area contributed by atoms with Crippen LogP contribution in [-0.2, 0) is 6.54 Å². The first-order valence-electron chi connectivity index (χ1n) is 7.79. The second-order valence-electron chi connectivity index (χ2n) is 5.78. The Morgan fingerprint density at radius 1 is 1.25 bits per heavy atom. The van der Waals surface area contributed by atoms with Crippen molar-refractivity contribution in [2.24, 2.45) is 0 Å². The summed E-state index contributed by atoms with van der Waals surface area (Å²) in [6.07, 6.45) is 3.52.